The third-order valence-corrected chi connectivity index (χ3v) is 9.23. The molecule has 12 heteroatoms. The van der Waals surface area contributed by atoms with Crippen LogP contribution in [-0.2, 0) is 37.2 Å². The molecular weight excluding hydrogens is 670 g/mol. The molecule has 1 aliphatic carbocycles. The number of aliphatic hydroxyl groups is 2. The first-order valence-electron chi connectivity index (χ1n) is 18.2. The van der Waals surface area contributed by atoms with E-state index >= 15 is 0 Å². The highest BCUT2D eigenvalue weighted by molar-refractivity contribution is 5.87. The Balaban J connectivity index is 1.37. The van der Waals surface area contributed by atoms with Crippen LogP contribution in [0.1, 0.15) is 107 Å². The molecule has 12 nitrogen and oxygen atoms in total. The van der Waals surface area contributed by atoms with Crippen molar-refractivity contribution in [2.75, 3.05) is 7.11 Å². The highest BCUT2D eigenvalue weighted by atomic mass is 16.9. The maximum Gasteiger partial charge on any atom is 0.331 e. The number of allylic oxidation sites excluding steroid dienone is 2. The molecule has 0 saturated heterocycles. The average molecular weight is 724 g/mol. The largest absolute Gasteiger partial charge is 0.493 e. The molecule has 1 saturated carbocycles. The van der Waals surface area contributed by atoms with Crippen molar-refractivity contribution in [2.24, 2.45) is 11.8 Å². The first-order valence-corrected chi connectivity index (χ1v) is 18.2. The third-order valence-electron chi connectivity index (χ3n) is 9.23. The molecule has 2 N–H and O–H groups in total. The van der Waals surface area contributed by atoms with Gasteiger partial charge in [-0.25, -0.2) is 4.79 Å². The quantitative estimate of drug-likeness (QED) is 0.0213. The average Bonchev–Trinajstić information content (AvgIpc) is 3.40. The number of ether oxygens (including phenoxy) is 3. The fraction of sp³-hybridized carbons (Fsp3) is 0.525. The number of hydrogen-bond acceptors (Lipinski definition) is 11. The molecule has 1 fully saturated rings. The molecule has 284 valence electrons. The van der Waals surface area contributed by atoms with E-state index < -0.39 is 29.2 Å². The normalized spacial score (nSPS) is 18.5. The summed E-state index contributed by atoms with van der Waals surface area (Å²) >= 11 is 0. The fourth-order valence-corrected chi connectivity index (χ4v) is 6.29. The Morgan fingerprint density at radius 3 is 2.29 bits per heavy atom. The summed E-state index contributed by atoms with van der Waals surface area (Å²) in [6.45, 7) is 2.02. The molecule has 0 spiro atoms. The van der Waals surface area contributed by atoms with Crippen molar-refractivity contribution in [1.82, 2.24) is 0 Å². The van der Waals surface area contributed by atoms with Crippen LogP contribution in [-0.4, -0.2) is 52.3 Å². The highest BCUT2D eigenvalue weighted by Crippen LogP contribution is 2.38. The summed E-state index contributed by atoms with van der Waals surface area (Å²) in [7, 11) is 1.45. The van der Waals surface area contributed by atoms with E-state index in [9.17, 15) is 34.7 Å². The lowest BCUT2D eigenvalue weighted by atomic mass is 9.86. The Bertz CT molecular complexity index is 1490. The van der Waals surface area contributed by atoms with Gasteiger partial charge in [0.15, 0.2) is 11.5 Å². The number of esters is 2. The zero-order valence-electron chi connectivity index (χ0n) is 30.3. The van der Waals surface area contributed by atoms with Gasteiger partial charge in [0.25, 0.3) is 5.09 Å². The fourth-order valence-electron chi connectivity index (χ4n) is 6.29. The number of hydrogen-bond donors (Lipinski definition) is 2. The van der Waals surface area contributed by atoms with E-state index in [1.165, 1.54) is 26.0 Å². The van der Waals surface area contributed by atoms with Gasteiger partial charge in [0.05, 0.1) is 19.3 Å². The predicted molar refractivity (Wildman–Crippen MR) is 195 cm³/mol. The molecule has 0 heterocycles. The van der Waals surface area contributed by atoms with E-state index in [4.69, 9.17) is 14.2 Å². The minimum Gasteiger partial charge on any atom is -0.493 e. The standard InChI is InChI=1S/C40H53NO11/c1-3-4-5-6-9-12-32(42)21-22-34-33(35(43)26-36(34)44)13-10-7-8-11-14-40(46)52-37-23-19-29(25-38(37)49-2)20-24-39(45)50-27-30-15-17-31(18-16-30)28-51-41(47)48/h7,10,15-20,23-25,33-36,43-44H,3-6,8-9,11-14,21-22,26-28H2,1-2H3/t33-,34-,35+,36-/m1/s1. The molecule has 1 aliphatic rings. The number of ketones is 1. The minimum atomic E-state index is -0.862. The van der Waals surface area contributed by atoms with Gasteiger partial charge in [-0.3, -0.25) is 9.59 Å². The van der Waals surface area contributed by atoms with Crippen molar-refractivity contribution in [1.29, 1.82) is 0 Å². The van der Waals surface area contributed by atoms with Crippen molar-refractivity contribution in [3.63, 3.8) is 0 Å². The van der Waals surface area contributed by atoms with Crippen molar-refractivity contribution >= 4 is 23.8 Å². The number of benzene rings is 2. The van der Waals surface area contributed by atoms with Crippen molar-refractivity contribution < 1.29 is 48.7 Å². The van der Waals surface area contributed by atoms with E-state index in [2.05, 4.69) is 11.8 Å². The summed E-state index contributed by atoms with van der Waals surface area (Å²) in [5, 5.41) is 30.5. The summed E-state index contributed by atoms with van der Waals surface area (Å²) in [5.41, 5.74) is 1.94. The van der Waals surface area contributed by atoms with E-state index in [0.717, 1.165) is 19.3 Å². The van der Waals surface area contributed by atoms with Crippen LogP contribution in [0.4, 0.5) is 0 Å². The lowest BCUT2D eigenvalue weighted by molar-refractivity contribution is -0.763. The Kier molecular flexibility index (Phi) is 18.6. The molecule has 0 aliphatic heterocycles. The predicted octanol–water partition coefficient (Wildman–Crippen LogP) is 7.25. The first kappa shape index (κ1) is 41.9. The van der Waals surface area contributed by atoms with Crippen molar-refractivity contribution in [3.8, 4) is 11.5 Å². The number of rotatable bonds is 24. The Labute approximate surface area is 305 Å². The molecule has 0 amide bonds. The first-order chi connectivity index (χ1) is 25.1. The topological polar surface area (TPSA) is 172 Å². The molecule has 0 unspecified atom stereocenters. The van der Waals surface area contributed by atoms with Crippen LogP contribution in [0.25, 0.3) is 6.08 Å². The van der Waals surface area contributed by atoms with Crippen LogP contribution in [0, 0.1) is 22.0 Å². The summed E-state index contributed by atoms with van der Waals surface area (Å²) in [6.07, 6.45) is 15.0. The molecule has 3 rings (SSSR count). The summed E-state index contributed by atoms with van der Waals surface area (Å²) in [6, 6.07) is 11.6. The van der Waals surface area contributed by atoms with Gasteiger partial charge in [-0.1, -0.05) is 75.1 Å². The molecule has 0 aromatic heterocycles. The van der Waals surface area contributed by atoms with Gasteiger partial charge < -0.3 is 29.3 Å². The Morgan fingerprint density at radius 2 is 1.58 bits per heavy atom. The van der Waals surface area contributed by atoms with Gasteiger partial charge in [-0.15, -0.1) is 10.1 Å². The van der Waals surface area contributed by atoms with E-state index in [-0.39, 0.29) is 43.0 Å². The summed E-state index contributed by atoms with van der Waals surface area (Å²) in [4.78, 5) is 51.8. The van der Waals surface area contributed by atoms with Crippen LogP contribution in [0.3, 0.4) is 0 Å². The van der Waals surface area contributed by atoms with Crippen LogP contribution in [0.5, 0.6) is 11.5 Å². The molecule has 2 aromatic carbocycles. The number of unbranched alkanes of at least 4 members (excludes halogenated alkanes) is 5. The van der Waals surface area contributed by atoms with Gasteiger partial charge in [0.1, 0.15) is 19.0 Å². The van der Waals surface area contributed by atoms with Crippen molar-refractivity contribution in [3.05, 3.63) is 87.5 Å². The molecule has 0 radical (unpaired) electrons. The highest BCUT2D eigenvalue weighted by Gasteiger charge is 2.40. The molecule has 0 bridgehead atoms. The maximum atomic E-state index is 12.6. The maximum absolute atomic E-state index is 12.6. The lowest BCUT2D eigenvalue weighted by Gasteiger charge is -2.22. The second-order valence-corrected chi connectivity index (χ2v) is 13.2. The summed E-state index contributed by atoms with van der Waals surface area (Å²) in [5.74, 6) is -0.375. The molecule has 2 aromatic rings. The third kappa shape index (κ3) is 15.4. The zero-order chi connectivity index (χ0) is 37.7. The second-order valence-electron chi connectivity index (χ2n) is 13.2. The SMILES string of the molecule is CCCCCCCC(=O)CC[C@@H]1[C@@H](CC=CCCCC(=O)Oc2ccc(C=CC(=O)OCc3ccc(CO[N+](=O)[O-])cc3)cc2OC)[C@@H](O)C[C@H]1O. The van der Waals surface area contributed by atoms with Crippen LogP contribution >= 0.6 is 0 Å². The lowest BCUT2D eigenvalue weighted by Crippen LogP contribution is -2.22. The van der Waals surface area contributed by atoms with Crippen molar-refractivity contribution in [2.45, 2.75) is 116 Å². The Morgan fingerprint density at radius 1 is 0.865 bits per heavy atom. The van der Waals surface area contributed by atoms with Gasteiger partial charge >= 0.3 is 11.9 Å². The molecule has 4 atom stereocenters. The van der Waals surface area contributed by atoms with Crippen LogP contribution in [0.2, 0.25) is 0 Å². The van der Waals surface area contributed by atoms with E-state index in [1.54, 1.807) is 48.5 Å². The number of carbonyl (C=O) groups is 3. The second kappa shape index (κ2) is 23.1. The minimum absolute atomic E-state index is 0.0182. The molecule has 52 heavy (non-hydrogen) atoms. The summed E-state index contributed by atoms with van der Waals surface area (Å²) < 4.78 is 16.2. The van der Waals surface area contributed by atoms with Gasteiger partial charge in [0.2, 0.25) is 0 Å². The molecular formula is C40H53NO11. The number of Topliss-reactive ketones (excluding diaryl/α,β-unsaturated/α-hetero) is 1. The number of aliphatic hydroxyl groups excluding tert-OH is 2. The van der Waals surface area contributed by atoms with E-state index in [0.29, 0.717) is 67.4 Å². The van der Waals surface area contributed by atoms with Gasteiger partial charge in [-0.05, 0) is 85.3 Å². The monoisotopic (exact) mass is 723 g/mol. The Hall–Kier alpha value is -4.55. The smallest absolute Gasteiger partial charge is 0.331 e. The van der Waals surface area contributed by atoms with Gasteiger partial charge in [0, 0.05) is 25.3 Å². The zero-order valence-corrected chi connectivity index (χ0v) is 30.3. The van der Waals surface area contributed by atoms with Crippen LogP contribution < -0.4 is 9.47 Å². The number of methoxy groups -OCH3 is 1. The number of nitrogens with zero attached hydrogens (tertiary/aromatic N) is 1. The number of carbonyl (C=O) groups excluding carboxylic acids is 3. The van der Waals surface area contributed by atoms with Crippen LogP contribution in [0.15, 0.2) is 60.7 Å². The van der Waals surface area contributed by atoms with E-state index in [1.807, 2.05) is 12.2 Å². The van der Waals surface area contributed by atoms with Gasteiger partial charge in [-0.2, -0.15) is 0 Å².